The van der Waals surface area contributed by atoms with Crippen molar-refractivity contribution < 1.29 is 24.1 Å². The standard InChI is InChI=1S/C15H20O5/c1-3-18-15(19-4-2)13(14(16)17)20-11-10-12-8-6-5-7-9-12/h5-9H,3-4,10-11H2,1-2H3,(H,16,17). The Hall–Kier alpha value is -2.17. The van der Waals surface area contributed by atoms with E-state index in [2.05, 4.69) is 0 Å². The van der Waals surface area contributed by atoms with Crippen LogP contribution in [0.25, 0.3) is 0 Å². The summed E-state index contributed by atoms with van der Waals surface area (Å²) >= 11 is 0. The molecule has 1 rings (SSSR count). The van der Waals surface area contributed by atoms with Gasteiger partial charge in [-0.05, 0) is 19.4 Å². The van der Waals surface area contributed by atoms with Gasteiger partial charge in [-0.3, -0.25) is 0 Å². The molecule has 5 nitrogen and oxygen atoms in total. The van der Waals surface area contributed by atoms with Gasteiger partial charge < -0.3 is 19.3 Å². The molecule has 0 atom stereocenters. The fourth-order valence-electron chi connectivity index (χ4n) is 1.56. The molecule has 0 aliphatic rings. The first-order chi connectivity index (χ1) is 9.69. The van der Waals surface area contributed by atoms with E-state index in [0.29, 0.717) is 19.6 Å². The second kappa shape index (κ2) is 8.85. The van der Waals surface area contributed by atoms with Crippen molar-refractivity contribution in [3.8, 4) is 0 Å². The van der Waals surface area contributed by atoms with E-state index >= 15 is 0 Å². The number of ether oxygens (including phenoxy) is 3. The lowest BCUT2D eigenvalue weighted by Crippen LogP contribution is -2.14. The first-order valence-corrected chi connectivity index (χ1v) is 6.58. The summed E-state index contributed by atoms with van der Waals surface area (Å²) in [6.45, 7) is 4.38. The van der Waals surface area contributed by atoms with Crippen molar-refractivity contribution in [1.82, 2.24) is 0 Å². The molecule has 110 valence electrons. The molecule has 0 heterocycles. The molecule has 0 saturated carbocycles. The number of carboxylic acid groups (broad SMARTS) is 1. The molecule has 0 saturated heterocycles. The fourth-order valence-corrected chi connectivity index (χ4v) is 1.56. The molecule has 1 N–H and O–H groups in total. The molecule has 0 fully saturated rings. The van der Waals surface area contributed by atoms with Crippen LogP contribution in [-0.4, -0.2) is 30.9 Å². The van der Waals surface area contributed by atoms with Crippen LogP contribution < -0.4 is 0 Å². The van der Waals surface area contributed by atoms with Crippen LogP contribution in [0.1, 0.15) is 19.4 Å². The highest BCUT2D eigenvalue weighted by molar-refractivity contribution is 5.84. The van der Waals surface area contributed by atoms with Crippen LogP contribution >= 0.6 is 0 Å². The van der Waals surface area contributed by atoms with Crippen LogP contribution in [0, 0.1) is 0 Å². The van der Waals surface area contributed by atoms with Gasteiger partial charge in [0.15, 0.2) is 0 Å². The summed E-state index contributed by atoms with van der Waals surface area (Å²) in [4.78, 5) is 11.2. The highest BCUT2D eigenvalue weighted by Crippen LogP contribution is 2.11. The monoisotopic (exact) mass is 280 g/mol. The Morgan fingerprint density at radius 2 is 1.65 bits per heavy atom. The molecule has 0 amide bonds. The van der Waals surface area contributed by atoms with Gasteiger partial charge >= 0.3 is 11.9 Å². The SMILES string of the molecule is CCOC(OCC)=C(OCCc1ccccc1)C(=O)O. The molecule has 0 radical (unpaired) electrons. The Bertz CT molecular complexity index is 431. The van der Waals surface area contributed by atoms with Gasteiger partial charge in [-0.2, -0.15) is 0 Å². The summed E-state index contributed by atoms with van der Waals surface area (Å²) in [5.74, 6) is -1.56. The van der Waals surface area contributed by atoms with Gasteiger partial charge in [-0.25, -0.2) is 4.79 Å². The predicted octanol–water partition coefficient (Wildman–Crippen LogP) is 2.57. The van der Waals surface area contributed by atoms with E-state index in [4.69, 9.17) is 19.3 Å². The lowest BCUT2D eigenvalue weighted by molar-refractivity contribution is -0.138. The first-order valence-electron chi connectivity index (χ1n) is 6.58. The third kappa shape index (κ3) is 5.22. The molecule has 20 heavy (non-hydrogen) atoms. The third-order valence-corrected chi connectivity index (χ3v) is 2.41. The highest BCUT2D eigenvalue weighted by Gasteiger charge is 2.19. The largest absolute Gasteiger partial charge is 0.481 e. The number of hydrogen-bond acceptors (Lipinski definition) is 4. The van der Waals surface area contributed by atoms with Gasteiger partial charge in [0, 0.05) is 6.42 Å². The Labute approximate surface area is 118 Å². The zero-order chi connectivity index (χ0) is 14.8. The van der Waals surface area contributed by atoms with Gasteiger partial charge in [0.05, 0.1) is 19.8 Å². The lowest BCUT2D eigenvalue weighted by Gasteiger charge is -2.13. The van der Waals surface area contributed by atoms with Crippen molar-refractivity contribution in [3.63, 3.8) is 0 Å². The summed E-state index contributed by atoms with van der Waals surface area (Å²) in [6.07, 6.45) is 0.614. The van der Waals surface area contributed by atoms with E-state index in [1.807, 2.05) is 30.3 Å². The first kappa shape index (κ1) is 15.9. The van der Waals surface area contributed by atoms with Gasteiger partial charge in [-0.15, -0.1) is 0 Å². The minimum absolute atomic E-state index is 0.0736. The summed E-state index contributed by atoms with van der Waals surface area (Å²) in [5.41, 5.74) is 1.08. The maximum atomic E-state index is 11.2. The molecular weight excluding hydrogens is 260 g/mol. The molecule has 5 heteroatoms. The summed E-state index contributed by atoms with van der Waals surface area (Å²) in [5, 5.41) is 9.15. The number of rotatable bonds is 9. The zero-order valence-electron chi connectivity index (χ0n) is 11.8. The van der Waals surface area contributed by atoms with Crippen molar-refractivity contribution in [2.45, 2.75) is 20.3 Å². The fraction of sp³-hybridized carbons (Fsp3) is 0.400. The summed E-state index contributed by atoms with van der Waals surface area (Å²) in [6, 6.07) is 9.69. The van der Waals surface area contributed by atoms with Gasteiger partial charge in [0.1, 0.15) is 0 Å². The normalized spacial score (nSPS) is 9.70. The number of carbonyl (C=O) groups is 1. The molecule has 0 unspecified atom stereocenters. The van der Waals surface area contributed by atoms with Crippen LogP contribution in [-0.2, 0) is 25.4 Å². The number of carboxylic acids is 1. The van der Waals surface area contributed by atoms with Gasteiger partial charge in [0.25, 0.3) is 5.76 Å². The minimum atomic E-state index is -1.20. The second-order valence-electron chi connectivity index (χ2n) is 3.87. The Morgan fingerprint density at radius 3 is 2.15 bits per heavy atom. The maximum absolute atomic E-state index is 11.2. The number of hydrogen-bond donors (Lipinski definition) is 1. The molecule has 0 spiro atoms. The Morgan fingerprint density at radius 1 is 1.05 bits per heavy atom. The van der Waals surface area contributed by atoms with Crippen molar-refractivity contribution in [1.29, 1.82) is 0 Å². The average Bonchev–Trinajstić information content (AvgIpc) is 2.44. The smallest absolute Gasteiger partial charge is 0.378 e. The molecule has 0 aromatic heterocycles. The third-order valence-electron chi connectivity index (χ3n) is 2.41. The zero-order valence-corrected chi connectivity index (χ0v) is 11.8. The van der Waals surface area contributed by atoms with Crippen molar-refractivity contribution in [3.05, 3.63) is 47.6 Å². The Kier molecular flexibility index (Phi) is 7.03. The molecule has 0 bridgehead atoms. The second-order valence-corrected chi connectivity index (χ2v) is 3.87. The molecular formula is C15H20O5. The predicted molar refractivity (Wildman–Crippen MR) is 74.0 cm³/mol. The minimum Gasteiger partial charge on any atom is -0.481 e. The molecule has 0 aliphatic heterocycles. The molecule has 1 aromatic carbocycles. The topological polar surface area (TPSA) is 65.0 Å². The quantitative estimate of drug-likeness (QED) is 0.556. The summed E-state index contributed by atoms with van der Waals surface area (Å²) in [7, 11) is 0. The highest BCUT2D eigenvalue weighted by atomic mass is 16.7. The average molecular weight is 280 g/mol. The van der Waals surface area contributed by atoms with E-state index in [-0.39, 0.29) is 18.3 Å². The van der Waals surface area contributed by atoms with Crippen LogP contribution in [0.15, 0.2) is 42.0 Å². The van der Waals surface area contributed by atoms with Crippen LogP contribution in [0.2, 0.25) is 0 Å². The van der Waals surface area contributed by atoms with Crippen LogP contribution in [0.3, 0.4) is 0 Å². The lowest BCUT2D eigenvalue weighted by atomic mass is 10.2. The van der Waals surface area contributed by atoms with E-state index in [9.17, 15) is 4.79 Å². The number of benzene rings is 1. The van der Waals surface area contributed by atoms with Crippen LogP contribution in [0.5, 0.6) is 0 Å². The number of aliphatic carboxylic acids is 1. The van der Waals surface area contributed by atoms with E-state index in [0.717, 1.165) is 5.56 Å². The van der Waals surface area contributed by atoms with Gasteiger partial charge in [-0.1, -0.05) is 30.3 Å². The molecule has 0 aliphatic carbocycles. The van der Waals surface area contributed by atoms with E-state index < -0.39 is 5.97 Å². The van der Waals surface area contributed by atoms with E-state index in [1.54, 1.807) is 13.8 Å². The summed E-state index contributed by atoms with van der Waals surface area (Å²) < 4.78 is 15.6. The molecule has 1 aromatic rings. The van der Waals surface area contributed by atoms with Crippen molar-refractivity contribution in [2.24, 2.45) is 0 Å². The van der Waals surface area contributed by atoms with Crippen molar-refractivity contribution in [2.75, 3.05) is 19.8 Å². The maximum Gasteiger partial charge on any atom is 0.378 e. The van der Waals surface area contributed by atoms with Crippen LogP contribution in [0.4, 0.5) is 0 Å². The van der Waals surface area contributed by atoms with Crippen molar-refractivity contribution >= 4 is 5.97 Å². The Balaban J connectivity index is 2.66. The van der Waals surface area contributed by atoms with E-state index in [1.165, 1.54) is 0 Å². The van der Waals surface area contributed by atoms with Gasteiger partial charge in [0.2, 0.25) is 0 Å².